The summed E-state index contributed by atoms with van der Waals surface area (Å²) < 4.78 is 7.23. The number of hydrogen-bond donors (Lipinski definition) is 2. The van der Waals surface area contributed by atoms with Crippen molar-refractivity contribution in [1.29, 1.82) is 0 Å². The summed E-state index contributed by atoms with van der Waals surface area (Å²) in [5, 5.41) is 9.96. The van der Waals surface area contributed by atoms with Crippen molar-refractivity contribution in [2.45, 2.75) is 51.2 Å². The third-order valence-electron chi connectivity index (χ3n) is 5.89. The molecule has 1 aromatic heterocycles. The molecule has 0 fully saturated rings. The van der Waals surface area contributed by atoms with Crippen molar-refractivity contribution in [2.75, 3.05) is 5.73 Å². The summed E-state index contributed by atoms with van der Waals surface area (Å²) in [6, 6.07) is 21.6. The minimum absolute atomic E-state index is 0.0109. The van der Waals surface area contributed by atoms with Crippen LogP contribution in [0.2, 0.25) is 5.04 Å². The number of rotatable bonds is 4. The fourth-order valence-electron chi connectivity index (χ4n) is 4.54. The molecule has 1 aliphatic rings. The largest absolute Gasteiger partial charge is 0.404 e. The van der Waals surface area contributed by atoms with Gasteiger partial charge in [0, 0.05) is 17.7 Å². The summed E-state index contributed by atoms with van der Waals surface area (Å²) in [7, 11) is -2.52. The second-order valence-corrected chi connectivity index (χ2v) is 13.0. The molecule has 5 heteroatoms. The summed E-state index contributed by atoms with van der Waals surface area (Å²) in [6.07, 6.45) is 2.88. The monoisotopic (exact) mass is 391 g/mol. The maximum Gasteiger partial charge on any atom is 0.261 e. The van der Waals surface area contributed by atoms with Gasteiger partial charge in [-0.2, -0.15) is 5.10 Å². The van der Waals surface area contributed by atoms with E-state index in [-0.39, 0.29) is 11.1 Å². The first-order chi connectivity index (χ1) is 13.4. The lowest BCUT2D eigenvalue weighted by Gasteiger charge is -2.45. The molecule has 0 saturated heterocycles. The van der Waals surface area contributed by atoms with Crippen molar-refractivity contribution < 1.29 is 4.43 Å². The molecule has 0 amide bonds. The van der Waals surface area contributed by atoms with E-state index >= 15 is 0 Å². The van der Waals surface area contributed by atoms with Crippen LogP contribution in [0.1, 0.15) is 38.4 Å². The van der Waals surface area contributed by atoms with Crippen molar-refractivity contribution in [3.8, 4) is 0 Å². The summed E-state index contributed by atoms with van der Waals surface area (Å²) in [6.45, 7) is 6.96. The summed E-state index contributed by atoms with van der Waals surface area (Å²) in [5.41, 5.74) is 8.31. The van der Waals surface area contributed by atoms with Gasteiger partial charge < -0.3 is 10.2 Å². The van der Waals surface area contributed by atoms with Crippen LogP contribution in [0.15, 0.2) is 60.7 Å². The number of hydrogen-bond acceptors (Lipinski definition) is 3. The fourth-order valence-corrected chi connectivity index (χ4v) is 9.26. The van der Waals surface area contributed by atoms with E-state index in [1.165, 1.54) is 15.9 Å². The molecule has 1 heterocycles. The lowest BCUT2D eigenvalue weighted by molar-refractivity contribution is 0.170. The van der Waals surface area contributed by atoms with Gasteiger partial charge in [0.1, 0.15) is 5.82 Å². The van der Waals surface area contributed by atoms with Gasteiger partial charge in [-0.3, -0.25) is 5.10 Å². The highest BCUT2D eigenvalue weighted by Gasteiger charge is 2.51. The highest BCUT2D eigenvalue weighted by Crippen LogP contribution is 2.39. The van der Waals surface area contributed by atoms with Crippen molar-refractivity contribution in [3.63, 3.8) is 0 Å². The van der Waals surface area contributed by atoms with Gasteiger partial charge in [-0.05, 0) is 28.3 Å². The molecule has 3 aromatic rings. The predicted molar refractivity (Wildman–Crippen MR) is 118 cm³/mol. The molecule has 3 N–H and O–H groups in total. The van der Waals surface area contributed by atoms with Crippen LogP contribution in [0, 0.1) is 0 Å². The van der Waals surface area contributed by atoms with Crippen LogP contribution in [0.4, 0.5) is 5.82 Å². The van der Waals surface area contributed by atoms with E-state index in [1.54, 1.807) is 0 Å². The van der Waals surface area contributed by atoms with E-state index in [0.717, 1.165) is 25.0 Å². The molecule has 4 nitrogen and oxygen atoms in total. The Kier molecular flexibility index (Phi) is 4.89. The van der Waals surface area contributed by atoms with Gasteiger partial charge in [-0.1, -0.05) is 81.4 Å². The molecule has 1 aliphatic carbocycles. The van der Waals surface area contributed by atoms with E-state index in [1.807, 2.05) is 0 Å². The summed E-state index contributed by atoms with van der Waals surface area (Å²) >= 11 is 0. The molecule has 1 atom stereocenters. The molecule has 0 aliphatic heterocycles. The molecule has 28 heavy (non-hydrogen) atoms. The van der Waals surface area contributed by atoms with Crippen molar-refractivity contribution in [2.24, 2.45) is 0 Å². The molecule has 4 rings (SSSR count). The number of nitrogen functional groups attached to an aromatic ring is 1. The second-order valence-electron chi connectivity index (χ2n) is 8.71. The van der Waals surface area contributed by atoms with E-state index < -0.39 is 8.32 Å². The average molecular weight is 392 g/mol. The number of nitrogens with two attached hydrogens (primary N) is 1. The Morgan fingerprint density at radius 1 is 1.00 bits per heavy atom. The molecule has 0 spiro atoms. The smallest absolute Gasteiger partial charge is 0.261 e. The van der Waals surface area contributed by atoms with Crippen molar-refractivity contribution >= 4 is 24.5 Å². The summed E-state index contributed by atoms with van der Waals surface area (Å²) in [4.78, 5) is 0. The lowest BCUT2D eigenvalue weighted by atomic mass is 9.95. The van der Waals surface area contributed by atoms with Crippen molar-refractivity contribution in [3.05, 3.63) is 71.9 Å². The zero-order valence-corrected chi connectivity index (χ0v) is 17.9. The van der Waals surface area contributed by atoms with Gasteiger partial charge in [-0.25, -0.2) is 0 Å². The second kappa shape index (κ2) is 7.22. The molecule has 1 unspecified atom stereocenters. The number of aromatic nitrogens is 2. The van der Waals surface area contributed by atoms with Gasteiger partial charge in [0.2, 0.25) is 0 Å². The number of aromatic amines is 1. The third-order valence-corrected chi connectivity index (χ3v) is 11.0. The Balaban J connectivity index is 1.79. The first kappa shape index (κ1) is 19.0. The van der Waals surface area contributed by atoms with Gasteiger partial charge in [-0.15, -0.1) is 0 Å². The van der Waals surface area contributed by atoms with Crippen LogP contribution in [0.5, 0.6) is 0 Å². The maximum absolute atomic E-state index is 7.23. The van der Waals surface area contributed by atoms with Crippen LogP contribution in [0.25, 0.3) is 0 Å². The SMILES string of the molecule is CC(C)(C)[Si](OC1CCc2c(N)n[nH]c2C1)(c1ccccc1)c1ccccc1. The number of fused-ring (bicyclic) bond motifs is 1. The lowest BCUT2D eigenvalue weighted by Crippen LogP contribution is -2.68. The molecule has 0 bridgehead atoms. The van der Waals surface area contributed by atoms with E-state index in [0.29, 0.717) is 5.82 Å². The Bertz CT molecular complexity index is 892. The molecule has 0 saturated carbocycles. The van der Waals surface area contributed by atoms with Crippen LogP contribution in [-0.2, 0) is 17.3 Å². The number of anilines is 1. The summed E-state index contributed by atoms with van der Waals surface area (Å²) in [5.74, 6) is 0.638. The molecule has 2 aromatic carbocycles. The average Bonchev–Trinajstić information content (AvgIpc) is 3.07. The van der Waals surface area contributed by atoms with Gasteiger partial charge in [0.05, 0.1) is 6.10 Å². The Morgan fingerprint density at radius 2 is 1.57 bits per heavy atom. The number of H-pyrrole nitrogens is 1. The zero-order chi connectivity index (χ0) is 19.8. The van der Waals surface area contributed by atoms with Crippen LogP contribution < -0.4 is 16.1 Å². The Morgan fingerprint density at radius 3 is 2.11 bits per heavy atom. The molecular weight excluding hydrogens is 362 g/mol. The Hall–Kier alpha value is -2.37. The molecule has 0 radical (unpaired) electrons. The zero-order valence-electron chi connectivity index (χ0n) is 16.9. The quantitative estimate of drug-likeness (QED) is 0.670. The first-order valence-corrected chi connectivity index (χ1v) is 11.9. The highest BCUT2D eigenvalue weighted by atomic mass is 28.4. The predicted octanol–water partition coefficient (Wildman–Crippen LogP) is 3.43. The minimum atomic E-state index is -2.52. The standard InChI is InChI=1S/C23H29N3OSi/c1-23(2,3)28(18-10-6-4-7-11-18,19-12-8-5-9-13-19)27-17-14-15-20-21(16-17)25-26-22(20)24/h4-13,17H,14-16H2,1-3H3,(H3,24,25,26). The normalized spacial score (nSPS) is 17.3. The van der Waals surface area contributed by atoms with Crippen LogP contribution in [0.3, 0.4) is 0 Å². The number of benzene rings is 2. The molecule has 146 valence electrons. The fraction of sp³-hybridized carbons (Fsp3) is 0.348. The van der Waals surface area contributed by atoms with Crippen LogP contribution >= 0.6 is 0 Å². The topological polar surface area (TPSA) is 63.9 Å². The number of nitrogens with zero attached hydrogens (tertiary/aromatic N) is 1. The molecular formula is C23H29N3OSi. The van der Waals surface area contributed by atoms with Gasteiger partial charge in [0.15, 0.2) is 0 Å². The van der Waals surface area contributed by atoms with Crippen molar-refractivity contribution in [1.82, 2.24) is 10.2 Å². The van der Waals surface area contributed by atoms with E-state index in [4.69, 9.17) is 10.2 Å². The van der Waals surface area contributed by atoms with Gasteiger partial charge >= 0.3 is 0 Å². The third kappa shape index (κ3) is 3.19. The Labute approximate surface area is 168 Å². The maximum atomic E-state index is 7.23. The van der Waals surface area contributed by atoms with Gasteiger partial charge in [0.25, 0.3) is 8.32 Å². The van der Waals surface area contributed by atoms with E-state index in [2.05, 4.69) is 91.6 Å². The number of nitrogens with one attached hydrogen (secondary N) is 1. The highest BCUT2D eigenvalue weighted by molar-refractivity contribution is 6.99. The minimum Gasteiger partial charge on any atom is -0.404 e. The first-order valence-electron chi connectivity index (χ1n) is 10.0. The van der Waals surface area contributed by atoms with Crippen LogP contribution in [-0.4, -0.2) is 24.6 Å². The van der Waals surface area contributed by atoms with E-state index in [9.17, 15) is 0 Å².